The molecule has 0 spiro atoms. The first-order valence-electron chi connectivity index (χ1n) is 8.53. The van der Waals surface area contributed by atoms with Gasteiger partial charge >= 0.3 is 0 Å². The zero-order valence-corrected chi connectivity index (χ0v) is 14.3. The summed E-state index contributed by atoms with van der Waals surface area (Å²) < 4.78 is 5.31. The molecule has 1 heterocycles. The second-order valence-corrected chi connectivity index (χ2v) is 6.43. The number of nitrogens with one attached hydrogen (secondary N) is 1. The van der Waals surface area contributed by atoms with Crippen molar-refractivity contribution in [3.05, 3.63) is 59.4 Å². The van der Waals surface area contributed by atoms with Crippen molar-refractivity contribution in [1.29, 1.82) is 0 Å². The number of carbonyl (C=O) groups excluding carboxylic acids is 1. The zero-order valence-electron chi connectivity index (χ0n) is 14.3. The van der Waals surface area contributed by atoms with Crippen LogP contribution < -0.4 is 10.1 Å². The van der Waals surface area contributed by atoms with Gasteiger partial charge in [0.25, 0.3) is 0 Å². The maximum absolute atomic E-state index is 12.5. The number of ether oxygens (including phenoxy) is 1. The number of nitrogens with zero attached hydrogens (tertiary/aromatic N) is 1. The van der Waals surface area contributed by atoms with E-state index in [1.54, 1.807) is 19.5 Å². The van der Waals surface area contributed by atoms with Crippen LogP contribution in [-0.2, 0) is 11.2 Å². The Morgan fingerprint density at radius 3 is 3.04 bits per heavy atom. The Bertz CT molecular complexity index is 700. The van der Waals surface area contributed by atoms with Crippen LogP contribution in [0.25, 0.3) is 0 Å². The molecule has 2 aromatic rings. The van der Waals surface area contributed by atoms with Gasteiger partial charge in [-0.1, -0.05) is 12.1 Å². The number of hydrogen-bond acceptors (Lipinski definition) is 3. The summed E-state index contributed by atoms with van der Waals surface area (Å²) in [7, 11) is 1.69. The van der Waals surface area contributed by atoms with Crippen LogP contribution in [-0.4, -0.2) is 18.0 Å². The monoisotopic (exact) mass is 324 g/mol. The number of amides is 1. The normalized spacial score (nSPS) is 17.7. The first-order chi connectivity index (χ1) is 11.7. The Balaban J connectivity index is 1.65. The third kappa shape index (κ3) is 3.75. The van der Waals surface area contributed by atoms with E-state index in [1.807, 2.05) is 25.1 Å². The molecule has 1 N–H and O–H groups in total. The highest BCUT2D eigenvalue weighted by molar-refractivity contribution is 5.77. The van der Waals surface area contributed by atoms with Gasteiger partial charge in [0.2, 0.25) is 5.91 Å². The van der Waals surface area contributed by atoms with Crippen molar-refractivity contribution in [2.45, 2.75) is 44.6 Å². The minimum absolute atomic E-state index is 0.0230. The average Bonchev–Trinajstić information content (AvgIpc) is 2.62. The van der Waals surface area contributed by atoms with Crippen molar-refractivity contribution in [2.75, 3.05) is 7.11 Å². The minimum atomic E-state index is -0.0230. The highest BCUT2D eigenvalue weighted by atomic mass is 16.5. The van der Waals surface area contributed by atoms with E-state index in [-0.39, 0.29) is 11.9 Å². The molecule has 1 aliphatic rings. The molecule has 4 heteroatoms. The Hall–Kier alpha value is -2.36. The number of rotatable bonds is 5. The summed E-state index contributed by atoms with van der Waals surface area (Å²) in [5.41, 5.74) is 3.64. The first kappa shape index (κ1) is 16.5. The van der Waals surface area contributed by atoms with Crippen molar-refractivity contribution in [1.82, 2.24) is 10.3 Å². The fourth-order valence-electron chi connectivity index (χ4n) is 3.47. The molecule has 0 saturated carbocycles. The van der Waals surface area contributed by atoms with Crippen molar-refractivity contribution in [2.24, 2.45) is 0 Å². The molecule has 0 unspecified atom stereocenters. The van der Waals surface area contributed by atoms with Crippen molar-refractivity contribution < 1.29 is 9.53 Å². The summed E-state index contributed by atoms with van der Waals surface area (Å²) in [6.07, 6.45) is 7.32. The molecule has 0 saturated heterocycles. The number of aryl methyl sites for hydroxylation is 1. The van der Waals surface area contributed by atoms with Crippen LogP contribution in [0.5, 0.6) is 5.75 Å². The van der Waals surface area contributed by atoms with Crippen LogP contribution >= 0.6 is 0 Å². The number of benzene rings is 1. The summed E-state index contributed by atoms with van der Waals surface area (Å²) >= 11 is 0. The second-order valence-electron chi connectivity index (χ2n) is 6.43. The molecule has 0 bridgehead atoms. The highest BCUT2D eigenvalue weighted by Gasteiger charge is 2.23. The molecule has 1 aliphatic carbocycles. The van der Waals surface area contributed by atoms with Gasteiger partial charge in [0, 0.05) is 18.8 Å². The van der Waals surface area contributed by atoms with E-state index in [9.17, 15) is 4.79 Å². The van der Waals surface area contributed by atoms with E-state index in [0.717, 1.165) is 30.6 Å². The largest absolute Gasteiger partial charge is 0.497 e. The van der Waals surface area contributed by atoms with Gasteiger partial charge < -0.3 is 10.1 Å². The van der Waals surface area contributed by atoms with Gasteiger partial charge in [-0.15, -0.1) is 0 Å². The fourth-order valence-corrected chi connectivity index (χ4v) is 3.47. The Morgan fingerprint density at radius 2 is 2.29 bits per heavy atom. The number of hydrogen-bond donors (Lipinski definition) is 1. The lowest BCUT2D eigenvalue weighted by Crippen LogP contribution is -2.28. The van der Waals surface area contributed by atoms with Gasteiger partial charge in [0.05, 0.1) is 13.2 Å². The number of carbonyl (C=O) groups is 1. The van der Waals surface area contributed by atoms with Crippen LogP contribution in [0.2, 0.25) is 0 Å². The number of fused-ring (bicyclic) bond motifs is 1. The predicted octanol–water partition coefficient (Wildman–Crippen LogP) is 3.78. The van der Waals surface area contributed by atoms with Crippen LogP contribution in [0, 0.1) is 0 Å². The molecule has 3 rings (SSSR count). The Labute approximate surface area is 143 Å². The van der Waals surface area contributed by atoms with Gasteiger partial charge in [-0.25, -0.2) is 0 Å². The zero-order chi connectivity index (χ0) is 16.9. The molecule has 0 aliphatic heterocycles. The third-order valence-electron chi connectivity index (χ3n) is 4.78. The van der Waals surface area contributed by atoms with Crippen LogP contribution in [0.3, 0.4) is 0 Å². The van der Waals surface area contributed by atoms with E-state index in [2.05, 4.69) is 22.4 Å². The van der Waals surface area contributed by atoms with Crippen LogP contribution in [0.4, 0.5) is 0 Å². The maximum Gasteiger partial charge on any atom is 0.221 e. The quantitative estimate of drug-likeness (QED) is 0.910. The number of methoxy groups -OCH3 is 1. The molecular formula is C20H24N2O2. The summed E-state index contributed by atoms with van der Waals surface area (Å²) in [5.74, 6) is 1.28. The van der Waals surface area contributed by atoms with Gasteiger partial charge in [-0.2, -0.15) is 0 Å². The maximum atomic E-state index is 12.5. The number of pyridine rings is 1. The molecule has 24 heavy (non-hydrogen) atoms. The molecule has 1 aromatic carbocycles. The van der Waals surface area contributed by atoms with Crippen molar-refractivity contribution in [3.8, 4) is 5.75 Å². The molecular weight excluding hydrogens is 300 g/mol. The summed E-state index contributed by atoms with van der Waals surface area (Å²) in [5, 5.41) is 3.09. The Morgan fingerprint density at radius 1 is 1.42 bits per heavy atom. The van der Waals surface area contributed by atoms with E-state index in [1.165, 1.54) is 11.1 Å². The van der Waals surface area contributed by atoms with Gasteiger partial charge in [-0.05, 0) is 67.0 Å². The lowest BCUT2D eigenvalue weighted by Gasteiger charge is -2.26. The van der Waals surface area contributed by atoms with Gasteiger partial charge in [-0.3, -0.25) is 9.78 Å². The molecule has 4 nitrogen and oxygen atoms in total. The van der Waals surface area contributed by atoms with E-state index < -0.39 is 0 Å². The fraction of sp³-hybridized carbons (Fsp3) is 0.400. The topological polar surface area (TPSA) is 51.2 Å². The molecule has 126 valence electrons. The van der Waals surface area contributed by atoms with Gasteiger partial charge in [0.15, 0.2) is 0 Å². The Kier molecular flexibility index (Phi) is 5.14. The van der Waals surface area contributed by atoms with Crippen LogP contribution in [0.15, 0.2) is 42.7 Å². The minimum Gasteiger partial charge on any atom is -0.497 e. The lowest BCUT2D eigenvalue weighted by atomic mass is 9.81. The summed E-state index contributed by atoms with van der Waals surface area (Å²) in [6.45, 7) is 1.99. The lowest BCUT2D eigenvalue weighted by molar-refractivity contribution is -0.122. The van der Waals surface area contributed by atoms with Gasteiger partial charge in [0.1, 0.15) is 5.75 Å². The number of aromatic nitrogens is 1. The molecule has 2 atom stereocenters. The second kappa shape index (κ2) is 7.47. The SMILES string of the molecule is COc1ccc2c(c1)CCC[C@@H]2CC(=O)N[C@H](C)c1cccnc1. The summed E-state index contributed by atoms with van der Waals surface area (Å²) in [4.78, 5) is 16.6. The molecule has 0 radical (unpaired) electrons. The van der Waals surface area contributed by atoms with Crippen molar-refractivity contribution in [3.63, 3.8) is 0 Å². The van der Waals surface area contributed by atoms with Crippen molar-refractivity contribution >= 4 is 5.91 Å². The van der Waals surface area contributed by atoms with Crippen LogP contribution in [0.1, 0.15) is 54.8 Å². The summed E-state index contributed by atoms with van der Waals surface area (Å²) in [6, 6.07) is 10.1. The smallest absolute Gasteiger partial charge is 0.221 e. The molecule has 1 aromatic heterocycles. The molecule has 0 fully saturated rings. The van der Waals surface area contributed by atoms with E-state index in [4.69, 9.17) is 4.74 Å². The predicted molar refractivity (Wildman–Crippen MR) is 94.1 cm³/mol. The first-order valence-corrected chi connectivity index (χ1v) is 8.53. The average molecular weight is 324 g/mol. The van der Waals surface area contributed by atoms with E-state index >= 15 is 0 Å². The van der Waals surface area contributed by atoms with E-state index in [0.29, 0.717) is 12.3 Å². The molecule has 1 amide bonds. The highest BCUT2D eigenvalue weighted by Crippen LogP contribution is 2.35. The standard InChI is InChI=1S/C20H24N2O2/c1-14(17-7-4-10-21-13-17)22-20(23)12-16-6-3-5-15-11-18(24-2)8-9-19(15)16/h4,7-11,13-14,16H,3,5-6,12H2,1-2H3,(H,22,23)/t14-,16-/m1/s1. The third-order valence-corrected chi connectivity index (χ3v) is 4.78.